The number of hydrogen-bond acceptors (Lipinski definition) is 6. The normalized spacial score (nSPS) is 12.4. The van der Waals surface area contributed by atoms with Gasteiger partial charge >= 0.3 is 0 Å². The third-order valence-electron chi connectivity index (χ3n) is 4.08. The van der Waals surface area contributed by atoms with Gasteiger partial charge in [0.05, 0.1) is 23.4 Å². The number of anilines is 1. The van der Waals surface area contributed by atoms with Crippen molar-refractivity contribution in [3.8, 4) is 11.5 Å². The third kappa shape index (κ3) is 2.73. The van der Waals surface area contributed by atoms with E-state index in [0.29, 0.717) is 5.82 Å². The topological polar surface area (TPSA) is 81.7 Å². The molecular formula is C18H18N6O. The van der Waals surface area contributed by atoms with Gasteiger partial charge in [0.1, 0.15) is 17.3 Å². The summed E-state index contributed by atoms with van der Waals surface area (Å²) in [6, 6.07) is 9.45. The third-order valence-corrected chi connectivity index (χ3v) is 4.08. The largest absolute Gasteiger partial charge is 0.467 e. The molecule has 1 N–H and O–H groups in total. The molecule has 0 amide bonds. The van der Waals surface area contributed by atoms with Gasteiger partial charge in [0.15, 0.2) is 11.5 Å². The van der Waals surface area contributed by atoms with Crippen molar-refractivity contribution >= 4 is 16.9 Å². The monoisotopic (exact) mass is 334 g/mol. The fraction of sp³-hybridized carbons (Fsp3) is 0.222. The summed E-state index contributed by atoms with van der Waals surface area (Å²) in [5, 5.41) is 8.81. The van der Waals surface area contributed by atoms with Crippen LogP contribution in [-0.2, 0) is 7.05 Å². The zero-order chi connectivity index (χ0) is 17.4. The van der Waals surface area contributed by atoms with Crippen LogP contribution in [0.4, 0.5) is 5.82 Å². The summed E-state index contributed by atoms with van der Waals surface area (Å²) in [6.07, 6.45) is 3.40. The Morgan fingerprint density at radius 2 is 2.04 bits per heavy atom. The summed E-state index contributed by atoms with van der Waals surface area (Å²) in [7, 11) is 1.88. The summed E-state index contributed by atoms with van der Waals surface area (Å²) in [5.41, 5.74) is 2.36. The van der Waals surface area contributed by atoms with Gasteiger partial charge in [-0.25, -0.2) is 9.97 Å². The lowest BCUT2D eigenvalue weighted by Crippen LogP contribution is -2.09. The van der Waals surface area contributed by atoms with Crippen molar-refractivity contribution in [2.75, 3.05) is 5.32 Å². The summed E-state index contributed by atoms with van der Waals surface area (Å²) in [5.74, 6) is 2.12. The Balaban J connectivity index is 1.86. The van der Waals surface area contributed by atoms with Gasteiger partial charge in [0.25, 0.3) is 0 Å². The fourth-order valence-electron chi connectivity index (χ4n) is 2.87. The lowest BCUT2D eigenvalue weighted by atomic mass is 10.2. The average molecular weight is 334 g/mol. The first-order chi connectivity index (χ1) is 12.1. The van der Waals surface area contributed by atoms with E-state index in [9.17, 15) is 0 Å². The predicted octanol–water partition coefficient (Wildman–Crippen LogP) is 3.50. The van der Waals surface area contributed by atoms with Crippen LogP contribution in [0.3, 0.4) is 0 Å². The van der Waals surface area contributed by atoms with E-state index in [0.717, 1.165) is 34.0 Å². The van der Waals surface area contributed by atoms with Crippen LogP contribution < -0.4 is 5.32 Å². The van der Waals surface area contributed by atoms with E-state index in [-0.39, 0.29) is 6.04 Å². The van der Waals surface area contributed by atoms with E-state index in [1.807, 2.05) is 51.2 Å². The molecule has 1 unspecified atom stereocenters. The maximum absolute atomic E-state index is 5.49. The Kier molecular flexibility index (Phi) is 3.68. The Hall–Kier alpha value is -3.22. The number of furan rings is 1. The first-order valence-electron chi connectivity index (χ1n) is 8.06. The molecule has 7 nitrogen and oxygen atoms in total. The Bertz CT molecular complexity index is 1010. The molecular weight excluding hydrogens is 316 g/mol. The van der Waals surface area contributed by atoms with Gasteiger partial charge in [0.2, 0.25) is 0 Å². The molecule has 25 heavy (non-hydrogen) atoms. The van der Waals surface area contributed by atoms with Crippen LogP contribution in [0.1, 0.15) is 24.4 Å². The van der Waals surface area contributed by atoms with Crippen molar-refractivity contribution in [2.45, 2.75) is 19.9 Å². The fourth-order valence-corrected chi connectivity index (χ4v) is 2.87. The van der Waals surface area contributed by atoms with Crippen molar-refractivity contribution < 1.29 is 4.42 Å². The van der Waals surface area contributed by atoms with Gasteiger partial charge in [0, 0.05) is 13.2 Å². The maximum atomic E-state index is 5.49. The Morgan fingerprint density at radius 1 is 1.16 bits per heavy atom. The molecule has 7 heteroatoms. The van der Waals surface area contributed by atoms with Crippen LogP contribution in [0.2, 0.25) is 0 Å². The summed E-state index contributed by atoms with van der Waals surface area (Å²) < 4.78 is 7.26. The smallest absolute Gasteiger partial charge is 0.182 e. The van der Waals surface area contributed by atoms with Gasteiger partial charge in [-0.3, -0.25) is 9.67 Å². The number of pyridine rings is 1. The summed E-state index contributed by atoms with van der Waals surface area (Å²) >= 11 is 0. The average Bonchev–Trinajstić information content (AvgIpc) is 3.25. The number of nitrogens with zero attached hydrogens (tertiary/aromatic N) is 5. The van der Waals surface area contributed by atoms with Gasteiger partial charge in [-0.1, -0.05) is 6.07 Å². The Morgan fingerprint density at radius 3 is 2.76 bits per heavy atom. The standard InChI is InChI=1S/C18H18N6O/c1-11(14-8-6-10-25-14)20-17-15-12(2)23-24(3)18(15)22-16(21-17)13-7-4-5-9-19-13/h4-11H,1-3H3,(H,20,21,22). The molecule has 0 bridgehead atoms. The highest BCUT2D eigenvalue weighted by molar-refractivity contribution is 5.90. The van der Waals surface area contributed by atoms with Crippen molar-refractivity contribution in [3.05, 3.63) is 54.2 Å². The number of hydrogen-bond donors (Lipinski definition) is 1. The minimum atomic E-state index is -0.0377. The molecule has 4 aromatic rings. The van der Waals surface area contributed by atoms with Crippen LogP contribution in [0.25, 0.3) is 22.6 Å². The molecule has 1 atom stereocenters. The summed E-state index contributed by atoms with van der Waals surface area (Å²) in [4.78, 5) is 13.7. The molecule has 126 valence electrons. The van der Waals surface area contributed by atoms with Gasteiger partial charge in [-0.15, -0.1) is 0 Å². The molecule has 0 aliphatic heterocycles. The number of nitrogens with one attached hydrogen (secondary N) is 1. The van der Waals surface area contributed by atoms with E-state index < -0.39 is 0 Å². The number of aryl methyl sites for hydroxylation is 2. The minimum Gasteiger partial charge on any atom is -0.467 e. The van der Waals surface area contributed by atoms with E-state index in [2.05, 4.69) is 20.4 Å². The van der Waals surface area contributed by atoms with E-state index >= 15 is 0 Å². The second-order valence-corrected chi connectivity index (χ2v) is 5.90. The quantitative estimate of drug-likeness (QED) is 0.615. The van der Waals surface area contributed by atoms with Gasteiger partial charge in [-0.05, 0) is 38.1 Å². The molecule has 4 aromatic heterocycles. The summed E-state index contributed by atoms with van der Waals surface area (Å²) in [6.45, 7) is 3.98. The van der Waals surface area contributed by atoms with Crippen LogP contribution in [0, 0.1) is 6.92 Å². The first-order valence-corrected chi connectivity index (χ1v) is 8.06. The zero-order valence-corrected chi connectivity index (χ0v) is 14.3. The lowest BCUT2D eigenvalue weighted by molar-refractivity contribution is 0.490. The highest BCUT2D eigenvalue weighted by Gasteiger charge is 2.19. The molecule has 4 rings (SSSR count). The van der Waals surface area contributed by atoms with Crippen LogP contribution >= 0.6 is 0 Å². The van der Waals surface area contributed by atoms with E-state index in [4.69, 9.17) is 9.40 Å². The number of fused-ring (bicyclic) bond motifs is 1. The highest BCUT2D eigenvalue weighted by atomic mass is 16.3. The second-order valence-electron chi connectivity index (χ2n) is 5.90. The molecule has 0 aromatic carbocycles. The van der Waals surface area contributed by atoms with Gasteiger partial charge in [-0.2, -0.15) is 5.10 Å². The lowest BCUT2D eigenvalue weighted by Gasteiger charge is -2.14. The molecule has 0 aliphatic rings. The molecule has 0 saturated carbocycles. The van der Waals surface area contributed by atoms with Gasteiger partial charge < -0.3 is 9.73 Å². The second kappa shape index (κ2) is 6.01. The maximum Gasteiger partial charge on any atom is 0.182 e. The van der Waals surface area contributed by atoms with Crippen molar-refractivity contribution in [1.29, 1.82) is 0 Å². The molecule has 0 fully saturated rings. The Labute approximate surface area is 144 Å². The predicted molar refractivity (Wildman–Crippen MR) is 95.0 cm³/mol. The molecule has 0 spiro atoms. The zero-order valence-electron chi connectivity index (χ0n) is 14.3. The molecule has 0 aliphatic carbocycles. The van der Waals surface area contributed by atoms with Crippen LogP contribution in [0.15, 0.2) is 47.2 Å². The first kappa shape index (κ1) is 15.3. The number of rotatable bonds is 4. The highest BCUT2D eigenvalue weighted by Crippen LogP contribution is 2.29. The molecule has 0 saturated heterocycles. The molecule has 0 radical (unpaired) electrons. The van der Waals surface area contributed by atoms with Crippen molar-refractivity contribution in [2.24, 2.45) is 7.05 Å². The minimum absolute atomic E-state index is 0.0377. The molecule has 4 heterocycles. The van der Waals surface area contributed by atoms with Crippen molar-refractivity contribution in [3.63, 3.8) is 0 Å². The number of aromatic nitrogens is 5. The SMILES string of the molecule is Cc1nn(C)c2nc(-c3ccccn3)nc(NC(C)c3ccco3)c12. The van der Waals surface area contributed by atoms with Crippen LogP contribution in [0.5, 0.6) is 0 Å². The van der Waals surface area contributed by atoms with Crippen LogP contribution in [-0.4, -0.2) is 24.7 Å². The van der Waals surface area contributed by atoms with E-state index in [1.165, 1.54) is 0 Å². The van der Waals surface area contributed by atoms with E-state index in [1.54, 1.807) is 17.1 Å². The van der Waals surface area contributed by atoms with Crippen molar-refractivity contribution in [1.82, 2.24) is 24.7 Å².